The molecule has 0 rings (SSSR count). The first-order valence-electron chi connectivity index (χ1n) is 35.2. The first-order chi connectivity index (χ1) is 41.6. The Hall–Kier alpha value is -1.94. The van der Waals surface area contributed by atoms with Crippen molar-refractivity contribution in [3.63, 3.8) is 0 Å². The van der Waals surface area contributed by atoms with Crippen LogP contribution in [0.25, 0.3) is 0 Å². The van der Waals surface area contributed by atoms with E-state index in [9.17, 15) is 43.2 Å². The number of hydrogen-bond acceptors (Lipinski definition) is 15. The predicted molar refractivity (Wildman–Crippen MR) is 349 cm³/mol. The summed E-state index contributed by atoms with van der Waals surface area (Å²) in [5.41, 5.74) is 0. The monoisotopic (exact) mass is 1280 g/mol. The van der Waals surface area contributed by atoms with Gasteiger partial charge in [0, 0.05) is 25.7 Å². The molecule has 0 amide bonds. The fourth-order valence-corrected chi connectivity index (χ4v) is 11.7. The molecule has 0 saturated heterocycles. The SMILES string of the molecule is CC(C)CCCCCCCCCCCCCCCC(=O)OC[C@H](COP(=O)(O)OC[C@@H](O)COP(=O)(O)OC[C@@H](COC(=O)CCCCCCCCC(C)C)OC(=O)CCCCCCCCC(C)C)OC(=O)CCCCCCCCCCCCC(C)C. The molecule has 0 saturated carbocycles. The molecule has 0 aromatic heterocycles. The molecule has 3 N–H and O–H groups in total. The molecule has 2 unspecified atom stereocenters. The predicted octanol–water partition coefficient (Wildman–Crippen LogP) is 18.9. The van der Waals surface area contributed by atoms with Crippen molar-refractivity contribution in [1.82, 2.24) is 0 Å². The van der Waals surface area contributed by atoms with Crippen LogP contribution in [-0.2, 0) is 65.4 Å². The van der Waals surface area contributed by atoms with Gasteiger partial charge in [0.25, 0.3) is 0 Å². The number of aliphatic hydroxyl groups is 1. The van der Waals surface area contributed by atoms with E-state index in [2.05, 4.69) is 55.4 Å². The Balaban J connectivity index is 5.22. The van der Waals surface area contributed by atoms with E-state index in [1.165, 1.54) is 128 Å². The number of aliphatic hydroxyl groups excluding tert-OH is 1. The molecule has 0 aliphatic heterocycles. The van der Waals surface area contributed by atoms with Gasteiger partial charge in [-0.25, -0.2) is 9.13 Å². The lowest BCUT2D eigenvalue weighted by Gasteiger charge is -2.21. The number of hydrogen-bond donors (Lipinski definition) is 3. The molecule has 0 aromatic carbocycles. The Labute approximate surface area is 530 Å². The molecule has 17 nitrogen and oxygen atoms in total. The van der Waals surface area contributed by atoms with E-state index in [0.717, 1.165) is 108 Å². The summed E-state index contributed by atoms with van der Waals surface area (Å²) >= 11 is 0. The lowest BCUT2D eigenvalue weighted by molar-refractivity contribution is -0.161. The summed E-state index contributed by atoms with van der Waals surface area (Å²) < 4.78 is 68.1. The van der Waals surface area contributed by atoms with Gasteiger partial charge in [0.2, 0.25) is 0 Å². The third-order valence-corrected chi connectivity index (χ3v) is 17.5. The molecule has 0 fully saturated rings. The second-order valence-electron chi connectivity index (χ2n) is 26.5. The molecule has 5 atom stereocenters. The first kappa shape index (κ1) is 85.1. The Kier molecular flexibility index (Phi) is 56.6. The normalized spacial score (nSPS) is 14.3. The lowest BCUT2D eigenvalue weighted by Crippen LogP contribution is -2.30. The molecule has 0 bridgehead atoms. The van der Waals surface area contributed by atoms with Gasteiger partial charge in [-0.15, -0.1) is 0 Å². The fourth-order valence-electron chi connectivity index (χ4n) is 10.1. The Morgan fingerprint density at radius 1 is 0.287 bits per heavy atom. The van der Waals surface area contributed by atoms with Gasteiger partial charge in [0.05, 0.1) is 26.4 Å². The zero-order valence-electron chi connectivity index (χ0n) is 56.6. The van der Waals surface area contributed by atoms with Crippen LogP contribution in [0.15, 0.2) is 0 Å². The molecule has 0 aliphatic rings. The van der Waals surface area contributed by atoms with Crippen molar-refractivity contribution < 1.29 is 80.2 Å². The van der Waals surface area contributed by atoms with Gasteiger partial charge in [-0.1, -0.05) is 280 Å². The number of esters is 4. The maximum atomic E-state index is 13.0. The number of unbranched alkanes of at least 4 members (excludes halogenated alkanes) is 31. The topological polar surface area (TPSA) is 237 Å². The summed E-state index contributed by atoms with van der Waals surface area (Å²) in [5.74, 6) is 0.754. The summed E-state index contributed by atoms with van der Waals surface area (Å²) in [6, 6.07) is 0. The van der Waals surface area contributed by atoms with Crippen LogP contribution in [0.1, 0.15) is 331 Å². The van der Waals surface area contributed by atoms with Crippen molar-refractivity contribution >= 4 is 39.5 Å². The van der Waals surface area contributed by atoms with Crippen LogP contribution in [0.2, 0.25) is 0 Å². The molecule has 516 valence electrons. The standard InChI is InChI=1S/C68H132O17P2/c1-58(2)44-36-28-20-16-12-10-9-11-13-18-22-32-40-48-65(70)78-54-63(84-67(72)50-42-34-23-19-15-14-17-21-29-37-45-59(3)4)56-82-86(74,75)80-52-62(69)53-81-87(76,77)83-57-64(85-68(73)51-43-35-27-25-31-39-47-61(7)8)55-79-66(71)49-41-33-26-24-30-38-46-60(5)6/h58-64,69H,9-57H2,1-8H3,(H,74,75)(H,76,77)/t62-,63-,64-/m1/s1. The summed E-state index contributed by atoms with van der Waals surface area (Å²) in [6.45, 7) is 14.0. The second kappa shape index (κ2) is 57.9. The molecular weight excluding hydrogens is 1150 g/mol. The zero-order valence-corrected chi connectivity index (χ0v) is 58.4. The highest BCUT2D eigenvalue weighted by Crippen LogP contribution is 2.45. The minimum Gasteiger partial charge on any atom is -0.462 e. The smallest absolute Gasteiger partial charge is 0.462 e. The molecule has 87 heavy (non-hydrogen) atoms. The average molecular weight is 1280 g/mol. The molecule has 0 radical (unpaired) electrons. The summed E-state index contributed by atoms with van der Waals surface area (Å²) in [6.07, 6.45) is 39.3. The quantitative estimate of drug-likeness (QED) is 0.0222. The largest absolute Gasteiger partial charge is 0.472 e. The number of carbonyl (C=O) groups excluding carboxylic acids is 4. The van der Waals surface area contributed by atoms with Crippen molar-refractivity contribution in [3.8, 4) is 0 Å². The minimum absolute atomic E-state index is 0.101. The van der Waals surface area contributed by atoms with E-state index in [1.807, 2.05) is 0 Å². The highest BCUT2D eigenvalue weighted by atomic mass is 31.2. The van der Waals surface area contributed by atoms with Crippen LogP contribution >= 0.6 is 15.6 Å². The Morgan fingerprint density at radius 2 is 0.483 bits per heavy atom. The summed E-state index contributed by atoms with van der Waals surface area (Å²) in [5, 5.41) is 10.6. The maximum Gasteiger partial charge on any atom is 0.472 e. The lowest BCUT2D eigenvalue weighted by atomic mass is 10.0. The van der Waals surface area contributed by atoms with Crippen molar-refractivity contribution in [1.29, 1.82) is 0 Å². The number of rotatable bonds is 65. The van der Waals surface area contributed by atoms with Gasteiger partial charge in [0.15, 0.2) is 12.2 Å². The highest BCUT2D eigenvalue weighted by Gasteiger charge is 2.30. The van der Waals surface area contributed by atoms with E-state index in [1.54, 1.807) is 0 Å². The second-order valence-corrected chi connectivity index (χ2v) is 29.4. The van der Waals surface area contributed by atoms with E-state index in [4.69, 9.17) is 37.0 Å². The van der Waals surface area contributed by atoms with Gasteiger partial charge in [0.1, 0.15) is 19.3 Å². The van der Waals surface area contributed by atoms with Gasteiger partial charge in [-0.05, 0) is 49.4 Å². The van der Waals surface area contributed by atoms with Gasteiger partial charge < -0.3 is 33.8 Å². The Morgan fingerprint density at radius 3 is 0.713 bits per heavy atom. The molecular formula is C68H132O17P2. The van der Waals surface area contributed by atoms with Crippen LogP contribution in [-0.4, -0.2) is 96.7 Å². The molecule has 0 spiro atoms. The van der Waals surface area contributed by atoms with E-state index in [0.29, 0.717) is 37.5 Å². The van der Waals surface area contributed by atoms with Gasteiger partial charge in [-0.2, -0.15) is 0 Å². The van der Waals surface area contributed by atoms with Crippen LogP contribution in [0, 0.1) is 23.7 Å². The van der Waals surface area contributed by atoms with Crippen LogP contribution < -0.4 is 0 Å². The third-order valence-electron chi connectivity index (χ3n) is 15.6. The average Bonchev–Trinajstić information content (AvgIpc) is 3.68. The molecule has 0 aliphatic carbocycles. The molecule has 0 aromatic rings. The first-order valence-corrected chi connectivity index (χ1v) is 38.2. The van der Waals surface area contributed by atoms with Crippen LogP contribution in [0.5, 0.6) is 0 Å². The maximum absolute atomic E-state index is 13.0. The summed E-state index contributed by atoms with van der Waals surface area (Å²) in [4.78, 5) is 72.3. The number of carbonyl (C=O) groups is 4. The molecule has 19 heteroatoms. The summed E-state index contributed by atoms with van der Waals surface area (Å²) in [7, 11) is -9.90. The van der Waals surface area contributed by atoms with Crippen LogP contribution in [0.4, 0.5) is 0 Å². The fraction of sp³-hybridized carbons (Fsp3) is 0.941. The van der Waals surface area contributed by atoms with Crippen molar-refractivity contribution in [3.05, 3.63) is 0 Å². The highest BCUT2D eigenvalue weighted by molar-refractivity contribution is 7.47. The number of ether oxygens (including phenoxy) is 4. The van der Waals surface area contributed by atoms with E-state index in [-0.39, 0.29) is 25.7 Å². The van der Waals surface area contributed by atoms with Crippen molar-refractivity contribution in [2.24, 2.45) is 23.7 Å². The Bertz CT molecular complexity index is 1730. The van der Waals surface area contributed by atoms with E-state index >= 15 is 0 Å². The van der Waals surface area contributed by atoms with Gasteiger partial charge in [-0.3, -0.25) is 37.3 Å². The van der Waals surface area contributed by atoms with Gasteiger partial charge >= 0.3 is 39.5 Å². The molecule has 0 heterocycles. The number of phosphoric acid groups is 2. The third kappa shape index (κ3) is 62.6. The zero-order chi connectivity index (χ0) is 64.7. The number of phosphoric ester groups is 2. The minimum atomic E-state index is -4.95. The van der Waals surface area contributed by atoms with Crippen molar-refractivity contribution in [2.45, 2.75) is 350 Å². The van der Waals surface area contributed by atoms with Crippen LogP contribution in [0.3, 0.4) is 0 Å². The van der Waals surface area contributed by atoms with Crippen molar-refractivity contribution in [2.75, 3.05) is 39.6 Å². The van der Waals surface area contributed by atoms with E-state index < -0.39 is 97.5 Å².